The molecule has 1 unspecified atom stereocenters. The molecule has 9 heteroatoms. The molecule has 3 aromatic rings. The summed E-state index contributed by atoms with van der Waals surface area (Å²) >= 11 is 11.5. The van der Waals surface area contributed by atoms with Crippen molar-refractivity contribution in [3.8, 4) is 5.75 Å². The van der Waals surface area contributed by atoms with E-state index in [2.05, 4.69) is 15.6 Å². The van der Waals surface area contributed by atoms with Crippen molar-refractivity contribution in [1.29, 1.82) is 0 Å². The molecular formula is C25H23ClN4O3S. The average Bonchev–Trinajstić information content (AvgIpc) is 3.08. The van der Waals surface area contributed by atoms with Crippen LogP contribution in [0, 0.1) is 0 Å². The number of halogens is 1. The number of hydrogen-bond donors (Lipinski definition) is 2. The Morgan fingerprint density at radius 2 is 1.88 bits per heavy atom. The maximum absolute atomic E-state index is 13.4. The SMILES string of the molecule is COc1ccc(NC(=O)CC2(c3ccccc3)C(=O)NC(=S)N2CCc2ccc(Cl)cc2)nc1. The van der Waals surface area contributed by atoms with Crippen molar-refractivity contribution in [2.24, 2.45) is 0 Å². The smallest absolute Gasteiger partial charge is 0.257 e. The van der Waals surface area contributed by atoms with Gasteiger partial charge in [0.25, 0.3) is 5.91 Å². The molecule has 7 nitrogen and oxygen atoms in total. The fraction of sp³-hybridized carbons (Fsp3) is 0.200. The summed E-state index contributed by atoms with van der Waals surface area (Å²) in [5, 5.41) is 6.49. The second kappa shape index (κ2) is 10.2. The van der Waals surface area contributed by atoms with Gasteiger partial charge in [-0.15, -0.1) is 0 Å². The Morgan fingerprint density at radius 3 is 2.53 bits per heavy atom. The average molecular weight is 495 g/mol. The van der Waals surface area contributed by atoms with Gasteiger partial charge in [0.15, 0.2) is 10.7 Å². The highest BCUT2D eigenvalue weighted by molar-refractivity contribution is 7.80. The molecule has 2 N–H and O–H groups in total. The van der Waals surface area contributed by atoms with Crippen LogP contribution in [0.15, 0.2) is 72.9 Å². The zero-order chi connectivity index (χ0) is 24.1. The molecule has 34 heavy (non-hydrogen) atoms. The second-order valence-electron chi connectivity index (χ2n) is 7.82. The Hall–Kier alpha value is -3.49. The number of benzene rings is 2. The van der Waals surface area contributed by atoms with Crippen LogP contribution in [0.2, 0.25) is 5.02 Å². The van der Waals surface area contributed by atoms with Gasteiger partial charge in [0.05, 0.1) is 19.7 Å². The number of hydrogen-bond acceptors (Lipinski definition) is 5. The summed E-state index contributed by atoms with van der Waals surface area (Å²) in [6.45, 7) is 0.433. The Labute approximate surface area is 208 Å². The molecule has 0 radical (unpaired) electrons. The monoisotopic (exact) mass is 494 g/mol. The van der Waals surface area contributed by atoms with Gasteiger partial charge in [-0.05, 0) is 54.0 Å². The quantitative estimate of drug-likeness (QED) is 0.462. The summed E-state index contributed by atoms with van der Waals surface area (Å²) in [6, 6.07) is 20.1. The summed E-state index contributed by atoms with van der Waals surface area (Å²) in [7, 11) is 1.54. The van der Waals surface area contributed by atoms with E-state index in [9.17, 15) is 9.59 Å². The summed E-state index contributed by atoms with van der Waals surface area (Å²) < 4.78 is 5.11. The van der Waals surface area contributed by atoms with E-state index in [1.807, 2.05) is 54.6 Å². The zero-order valence-electron chi connectivity index (χ0n) is 18.5. The molecule has 2 aromatic carbocycles. The summed E-state index contributed by atoms with van der Waals surface area (Å²) in [5.74, 6) is 0.242. The molecule has 2 amide bonds. The third kappa shape index (κ3) is 4.88. The van der Waals surface area contributed by atoms with Gasteiger partial charge in [-0.1, -0.05) is 54.1 Å². The number of pyridine rings is 1. The Bertz CT molecular complexity index is 1190. The molecule has 0 saturated carbocycles. The summed E-state index contributed by atoms with van der Waals surface area (Å²) in [5.41, 5.74) is 0.433. The van der Waals surface area contributed by atoms with Gasteiger partial charge in [0.2, 0.25) is 5.91 Å². The zero-order valence-corrected chi connectivity index (χ0v) is 20.0. The molecule has 4 rings (SSSR count). The largest absolute Gasteiger partial charge is 0.495 e. The lowest BCUT2D eigenvalue weighted by molar-refractivity contribution is -0.131. The third-order valence-electron chi connectivity index (χ3n) is 5.75. The van der Waals surface area contributed by atoms with Crippen LogP contribution in [0.1, 0.15) is 17.5 Å². The minimum atomic E-state index is -1.29. The number of ether oxygens (including phenoxy) is 1. The molecule has 0 spiro atoms. The van der Waals surface area contributed by atoms with Crippen molar-refractivity contribution in [3.63, 3.8) is 0 Å². The molecule has 0 bridgehead atoms. The van der Waals surface area contributed by atoms with E-state index in [0.29, 0.717) is 35.1 Å². The minimum absolute atomic E-state index is 0.142. The maximum atomic E-state index is 13.4. The van der Waals surface area contributed by atoms with Crippen molar-refractivity contribution < 1.29 is 14.3 Å². The lowest BCUT2D eigenvalue weighted by Crippen LogP contribution is -2.50. The Morgan fingerprint density at radius 1 is 1.15 bits per heavy atom. The topological polar surface area (TPSA) is 83.6 Å². The van der Waals surface area contributed by atoms with Gasteiger partial charge in [-0.25, -0.2) is 4.98 Å². The number of nitrogens with zero attached hydrogens (tertiary/aromatic N) is 2. The van der Waals surface area contributed by atoms with Crippen LogP contribution >= 0.6 is 23.8 Å². The van der Waals surface area contributed by atoms with E-state index >= 15 is 0 Å². The molecular weight excluding hydrogens is 472 g/mol. The van der Waals surface area contributed by atoms with Gasteiger partial charge in [0.1, 0.15) is 11.6 Å². The van der Waals surface area contributed by atoms with Crippen LogP contribution < -0.4 is 15.4 Å². The van der Waals surface area contributed by atoms with E-state index in [-0.39, 0.29) is 23.3 Å². The highest BCUT2D eigenvalue weighted by atomic mass is 35.5. The number of aromatic nitrogens is 1. The third-order valence-corrected chi connectivity index (χ3v) is 6.32. The van der Waals surface area contributed by atoms with E-state index in [0.717, 1.165) is 5.56 Å². The van der Waals surface area contributed by atoms with E-state index in [1.54, 1.807) is 24.1 Å². The number of thiocarbonyl (C=S) groups is 1. The Balaban J connectivity index is 1.63. The molecule has 1 saturated heterocycles. The van der Waals surface area contributed by atoms with Crippen molar-refractivity contribution in [1.82, 2.24) is 15.2 Å². The first-order valence-electron chi connectivity index (χ1n) is 10.7. The van der Waals surface area contributed by atoms with Crippen LogP contribution in [0.3, 0.4) is 0 Å². The molecule has 2 heterocycles. The first kappa shape index (κ1) is 23.7. The summed E-state index contributed by atoms with van der Waals surface area (Å²) in [6.07, 6.45) is 1.98. The van der Waals surface area contributed by atoms with Gasteiger partial charge in [-0.2, -0.15) is 0 Å². The van der Waals surface area contributed by atoms with Gasteiger partial charge in [0, 0.05) is 11.6 Å². The van der Waals surface area contributed by atoms with E-state index < -0.39 is 5.54 Å². The number of carbonyl (C=O) groups excluding carboxylic acids is 2. The number of methoxy groups -OCH3 is 1. The fourth-order valence-corrected chi connectivity index (χ4v) is 4.49. The molecule has 174 valence electrons. The molecule has 1 fully saturated rings. The Kier molecular flexibility index (Phi) is 7.09. The van der Waals surface area contributed by atoms with Crippen LogP contribution in [0.25, 0.3) is 0 Å². The normalized spacial score (nSPS) is 17.4. The van der Waals surface area contributed by atoms with Crippen molar-refractivity contribution >= 4 is 46.6 Å². The number of nitrogens with one attached hydrogen (secondary N) is 2. The minimum Gasteiger partial charge on any atom is -0.495 e. The standard InChI is InChI=1S/C25H23ClN4O3S/c1-33-20-11-12-21(27-16-20)28-22(31)15-25(18-5-3-2-4-6-18)23(32)29-24(34)30(25)14-13-17-7-9-19(26)10-8-17/h2-12,16H,13-15H2,1H3,(H,27,28,31)(H,29,32,34). The van der Waals surface area contributed by atoms with Crippen molar-refractivity contribution in [2.75, 3.05) is 19.0 Å². The number of amides is 2. The number of carbonyl (C=O) groups is 2. The highest BCUT2D eigenvalue weighted by Crippen LogP contribution is 2.37. The number of anilines is 1. The first-order chi connectivity index (χ1) is 16.4. The summed E-state index contributed by atoms with van der Waals surface area (Å²) in [4.78, 5) is 32.5. The van der Waals surface area contributed by atoms with E-state index in [4.69, 9.17) is 28.6 Å². The second-order valence-corrected chi connectivity index (χ2v) is 8.65. The van der Waals surface area contributed by atoms with Crippen LogP contribution in [-0.2, 0) is 21.5 Å². The highest BCUT2D eigenvalue weighted by Gasteiger charge is 2.53. The van der Waals surface area contributed by atoms with Gasteiger partial charge < -0.3 is 20.3 Å². The lowest BCUT2D eigenvalue weighted by Gasteiger charge is -2.36. The maximum Gasteiger partial charge on any atom is 0.257 e. The molecule has 1 atom stereocenters. The van der Waals surface area contributed by atoms with Gasteiger partial charge in [-0.3, -0.25) is 9.59 Å². The van der Waals surface area contributed by atoms with Crippen LogP contribution in [-0.4, -0.2) is 40.5 Å². The van der Waals surface area contributed by atoms with Crippen molar-refractivity contribution in [3.05, 3.63) is 89.1 Å². The lowest BCUT2D eigenvalue weighted by atomic mass is 9.84. The predicted molar refractivity (Wildman–Crippen MR) is 135 cm³/mol. The molecule has 0 aliphatic carbocycles. The molecule has 1 aromatic heterocycles. The first-order valence-corrected chi connectivity index (χ1v) is 11.4. The predicted octanol–water partition coefficient (Wildman–Crippen LogP) is 3.93. The van der Waals surface area contributed by atoms with Gasteiger partial charge >= 0.3 is 0 Å². The van der Waals surface area contributed by atoms with E-state index in [1.165, 1.54) is 6.20 Å². The van der Waals surface area contributed by atoms with Crippen LogP contribution in [0.5, 0.6) is 5.75 Å². The molecule has 1 aliphatic rings. The fourth-order valence-electron chi connectivity index (χ4n) is 4.02. The van der Waals surface area contributed by atoms with Crippen LogP contribution in [0.4, 0.5) is 5.82 Å². The number of rotatable bonds is 8. The van der Waals surface area contributed by atoms with Crippen molar-refractivity contribution in [2.45, 2.75) is 18.4 Å². The molecule has 1 aliphatic heterocycles.